The van der Waals surface area contributed by atoms with Crippen molar-refractivity contribution in [3.63, 3.8) is 0 Å². The van der Waals surface area contributed by atoms with Crippen LogP contribution in [0.15, 0.2) is 36.4 Å². The van der Waals surface area contributed by atoms with Crippen LogP contribution in [0.25, 0.3) is 0 Å². The zero-order valence-corrected chi connectivity index (χ0v) is 9.87. The molecule has 0 spiro atoms. The van der Waals surface area contributed by atoms with Gasteiger partial charge in [-0.3, -0.25) is 0 Å². The van der Waals surface area contributed by atoms with E-state index >= 15 is 0 Å². The Morgan fingerprint density at radius 1 is 1.35 bits per heavy atom. The quantitative estimate of drug-likeness (QED) is 0.743. The molecule has 1 rings (SSSR count). The van der Waals surface area contributed by atoms with Gasteiger partial charge < -0.3 is 0 Å². The maximum absolute atomic E-state index is 13.7. The molecule has 0 amide bonds. The fourth-order valence-corrected chi connectivity index (χ4v) is 1.84. The van der Waals surface area contributed by atoms with Crippen LogP contribution < -0.4 is 0 Å². The molecule has 0 aliphatic carbocycles. The van der Waals surface area contributed by atoms with Crippen LogP contribution in [-0.4, -0.2) is 0 Å². The van der Waals surface area contributed by atoms with Gasteiger partial charge in [0.25, 0.3) is 0 Å². The summed E-state index contributed by atoms with van der Waals surface area (Å²) in [5, 5.41) is 18.4. The van der Waals surface area contributed by atoms with Gasteiger partial charge in [0, 0.05) is 5.92 Å². The lowest BCUT2D eigenvalue weighted by Crippen LogP contribution is -2.25. The highest BCUT2D eigenvalue weighted by molar-refractivity contribution is 5.39. The van der Waals surface area contributed by atoms with Gasteiger partial charge in [0.1, 0.15) is 5.82 Å². The van der Waals surface area contributed by atoms with Gasteiger partial charge in [-0.15, -0.1) is 0 Å². The Balaban J connectivity index is 3.35. The van der Waals surface area contributed by atoms with Gasteiger partial charge in [-0.05, 0) is 24.1 Å². The van der Waals surface area contributed by atoms with E-state index < -0.39 is 17.2 Å². The Labute approximate surface area is 101 Å². The van der Waals surface area contributed by atoms with Crippen LogP contribution >= 0.6 is 0 Å². The third-order valence-electron chi connectivity index (χ3n) is 3.05. The van der Waals surface area contributed by atoms with Crippen molar-refractivity contribution in [3.8, 4) is 12.1 Å². The van der Waals surface area contributed by atoms with Gasteiger partial charge in [-0.2, -0.15) is 10.5 Å². The van der Waals surface area contributed by atoms with E-state index in [9.17, 15) is 14.9 Å². The molecule has 0 saturated heterocycles. The summed E-state index contributed by atoms with van der Waals surface area (Å²) in [7, 11) is 0. The molecule has 86 valence electrons. The maximum Gasteiger partial charge on any atom is 0.170 e. The molecule has 0 saturated carbocycles. The van der Waals surface area contributed by atoms with E-state index in [1.54, 1.807) is 32.0 Å². The molecule has 0 heterocycles. The Bertz CT molecular complexity index is 506. The van der Waals surface area contributed by atoms with Gasteiger partial charge >= 0.3 is 0 Å². The maximum atomic E-state index is 13.7. The van der Waals surface area contributed by atoms with Gasteiger partial charge in [0.05, 0.1) is 12.1 Å². The van der Waals surface area contributed by atoms with E-state index in [2.05, 4.69) is 6.58 Å². The summed E-state index contributed by atoms with van der Waals surface area (Å²) in [5.41, 5.74) is -0.598. The summed E-state index contributed by atoms with van der Waals surface area (Å²) in [5.74, 6) is -0.965. The van der Waals surface area contributed by atoms with E-state index in [1.165, 1.54) is 6.07 Å². The molecule has 3 heteroatoms. The minimum absolute atomic E-state index is 0.360. The molecule has 2 nitrogen and oxygen atoms in total. The van der Waals surface area contributed by atoms with Crippen molar-refractivity contribution in [1.29, 1.82) is 10.5 Å². The van der Waals surface area contributed by atoms with Crippen LogP contribution in [0.4, 0.5) is 4.39 Å². The summed E-state index contributed by atoms with van der Waals surface area (Å²) in [6.07, 6.45) is 0. The van der Waals surface area contributed by atoms with Crippen molar-refractivity contribution in [2.24, 2.45) is 5.41 Å². The molecule has 0 bridgehead atoms. The molecule has 0 aliphatic rings. The number of rotatable bonds is 3. The third kappa shape index (κ3) is 2.05. The first kappa shape index (κ1) is 12.9. The van der Waals surface area contributed by atoms with Crippen molar-refractivity contribution in [3.05, 3.63) is 47.8 Å². The van der Waals surface area contributed by atoms with Crippen LogP contribution in [0.2, 0.25) is 0 Å². The summed E-state index contributed by atoms with van der Waals surface area (Å²) in [4.78, 5) is 0. The predicted octanol–water partition coefficient (Wildman–Crippen LogP) is 3.54. The van der Waals surface area contributed by atoms with E-state index in [0.717, 1.165) is 0 Å². The number of hydrogen-bond donors (Lipinski definition) is 0. The summed E-state index contributed by atoms with van der Waals surface area (Å²) in [6, 6.07) is 10.1. The van der Waals surface area contributed by atoms with Gasteiger partial charge in [0.2, 0.25) is 0 Å². The molecular formula is C14H13FN2. The SMILES string of the molecule is C=C(C)C(C#N)(C#N)[C@H](C)c1ccccc1F. The van der Waals surface area contributed by atoms with Crippen molar-refractivity contribution in [2.45, 2.75) is 19.8 Å². The Kier molecular flexibility index (Phi) is 3.66. The van der Waals surface area contributed by atoms with E-state index in [0.29, 0.717) is 11.1 Å². The molecule has 0 fully saturated rings. The second kappa shape index (κ2) is 4.80. The lowest BCUT2D eigenvalue weighted by molar-refractivity contribution is 0.482. The molecule has 0 aliphatic heterocycles. The minimum Gasteiger partial charge on any atom is -0.207 e. The number of nitriles is 2. The Morgan fingerprint density at radius 2 is 1.88 bits per heavy atom. The topological polar surface area (TPSA) is 47.6 Å². The molecule has 0 N–H and O–H groups in total. The highest BCUT2D eigenvalue weighted by Gasteiger charge is 2.39. The first-order chi connectivity index (χ1) is 7.99. The van der Waals surface area contributed by atoms with Crippen molar-refractivity contribution in [1.82, 2.24) is 0 Å². The molecule has 1 aromatic rings. The van der Waals surface area contributed by atoms with E-state index in [-0.39, 0.29) is 0 Å². The molecular weight excluding hydrogens is 215 g/mol. The first-order valence-corrected chi connectivity index (χ1v) is 5.22. The summed E-state index contributed by atoms with van der Waals surface area (Å²) < 4.78 is 13.7. The molecule has 0 radical (unpaired) electrons. The monoisotopic (exact) mass is 228 g/mol. The second-order valence-electron chi connectivity index (χ2n) is 4.06. The van der Waals surface area contributed by atoms with Crippen LogP contribution in [0.5, 0.6) is 0 Å². The number of halogens is 1. The van der Waals surface area contributed by atoms with Gasteiger partial charge in [-0.25, -0.2) is 4.39 Å². The molecule has 0 aromatic heterocycles. The normalized spacial score (nSPS) is 12.3. The number of benzene rings is 1. The second-order valence-corrected chi connectivity index (χ2v) is 4.06. The van der Waals surface area contributed by atoms with Gasteiger partial charge in [0.15, 0.2) is 5.41 Å². The lowest BCUT2D eigenvalue weighted by Gasteiger charge is -2.26. The fourth-order valence-electron chi connectivity index (χ4n) is 1.84. The zero-order valence-electron chi connectivity index (χ0n) is 9.87. The van der Waals surface area contributed by atoms with Crippen LogP contribution in [0.1, 0.15) is 25.3 Å². The molecule has 1 atom stereocenters. The molecule has 17 heavy (non-hydrogen) atoms. The highest BCUT2D eigenvalue weighted by Crippen LogP contribution is 2.40. The smallest absolute Gasteiger partial charge is 0.170 e. The molecule has 0 unspecified atom stereocenters. The Hall–Kier alpha value is -2.13. The molecule has 1 aromatic carbocycles. The van der Waals surface area contributed by atoms with Crippen molar-refractivity contribution in [2.75, 3.05) is 0 Å². The lowest BCUT2D eigenvalue weighted by atomic mass is 9.71. The largest absolute Gasteiger partial charge is 0.207 e. The van der Waals surface area contributed by atoms with Gasteiger partial charge in [-0.1, -0.05) is 31.7 Å². The first-order valence-electron chi connectivity index (χ1n) is 5.22. The fraction of sp³-hybridized carbons (Fsp3) is 0.286. The van der Waals surface area contributed by atoms with Crippen LogP contribution in [0, 0.1) is 33.9 Å². The van der Waals surface area contributed by atoms with Crippen LogP contribution in [0.3, 0.4) is 0 Å². The average Bonchev–Trinajstić information content (AvgIpc) is 2.31. The summed E-state index contributed by atoms with van der Waals surface area (Å²) >= 11 is 0. The van der Waals surface area contributed by atoms with Crippen molar-refractivity contribution >= 4 is 0 Å². The Morgan fingerprint density at radius 3 is 2.29 bits per heavy atom. The standard InChI is InChI=1S/C14H13FN2/c1-10(2)14(8-16,9-17)11(3)12-6-4-5-7-13(12)15/h4-7,11H,1H2,2-3H3/t11-/m1/s1. The number of allylic oxidation sites excluding steroid dienone is 1. The average molecular weight is 228 g/mol. The van der Waals surface area contributed by atoms with Crippen LogP contribution in [-0.2, 0) is 0 Å². The highest BCUT2D eigenvalue weighted by atomic mass is 19.1. The van der Waals surface area contributed by atoms with E-state index in [4.69, 9.17) is 0 Å². The minimum atomic E-state index is -1.39. The number of nitrogens with zero attached hydrogens (tertiary/aromatic N) is 2. The zero-order chi connectivity index (χ0) is 13.1. The predicted molar refractivity (Wildman–Crippen MR) is 63.3 cm³/mol. The summed E-state index contributed by atoms with van der Waals surface area (Å²) in [6.45, 7) is 6.96. The number of hydrogen-bond acceptors (Lipinski definition) is 2. The third-order valence-corrected chi connectivity index (χ3v) is 3.05. The van der Waals surface area contributed by atoms with E-state index in [1.807, 2.05) is 12.1 Å². The van der Waals surface area contributed by atoms with Crippen molar-refractivity contribution < 1.29 is 4.39 Å².